The van der Waals surface area contributed by atoms with Gasteiger partial charge in [-0.1, -0.05) is 31.0 Å². The number of thiophene rings is 1. The maximum atomic E-state index is 12.5. The smallest absolute Gasteiger partial charge is 0.349 e. The van der Waals surface area contributed by atoms with Crippen LogP contribution in [0.25, 0.3) is 0 Å². The molecule has 0 bridgehead atoms. The molecule has 4 nitrogen and oxygen atoms in total. The minimum absolute atomic E-state index is 0.310. The number of carbonyl (C=O) groups is 2. The normalized spacial score (nSPS) is 15.2. The molecule has 3 rings (SSSR count). The standard InChI is InChI=1S/C22H27NO3S/c1-14-9-8-10-15(2)20(14)23-21(24)16(3)26-22(25)19-13-17-11-6-4-5-7-12-18(17)27-19/h8-10,13,16H,4-7,11-12H2,1-3H3,(H,23,24). The summed E-state index contributed by atoms with van der Waals surface area (Å²) in [6.45, 7) is 5.51. The first kappa shape index (κ1) is 19.6. The van der Waals surface area contributed by atoms with Gasteiger partial charge in [0, 0.05) is 10.6 Å². The molecule has 1 aromatic heterocycles. The van der Waals surface area contributed by atoms with Crippen molar-refractivity contribution in [1.82, 2.24) is 0 Å². The van der Waals surface area contributed by atoms with Crippen LogP contribution in [-0.2, 0) is 22.4 Å². The molecule has 1 amide bonds. The zero-order valence-electron chi connectivity index (χ0n) is 16.3. The summed E-state index contributed by atoms with van der Waals surface area (Å²) in [7, 11) is 0. The third-order valence-electron chi connectivity index (χ3n) is 5.08. The van der Waals surface area contributed by atoms with Crippen LogP contribution in [0.1, 0.15) is 63.8 Å². The lowest BCUT2D eigenvalue weighted by atomic mass is 10.00. The number of hydrogen-bond acceptors (Lipinski definition) is 4. The lowest BCUT2D eigenvalue weighted by molar-refractivity contribution is -0.123. The first-order valence-corrected chi connectivity index (χ1v) is 10.5. The Morgan fingerprint density at radius 1 is 1.07 bits per heavy atom. The molecule has 0 radical (unpaired) electrons. The van der Waals surface area contributed by atoms with Crippen molar-refractivity contribution in [3.63, 3.8) is 0 Å². The highest BCUT2D eigenvalue weighted by Gasteiger charge is 2.23. The summed E-state index contributed by atoms with van der Waals surface area (Å²) >= 11 is 1.52. The molecule has 0 saturated heterocycles. The van der Waals surface area contributed by atoms with Crippen LogP contribution in [0.15, 0.2) is 24.3 Å². The molecule has 27 heavy (non-hydrogen) atoms. The van der Waals surface area contributed by atoms with Crippen molar-refractivity contribution in [3.8, 4) is 0 Å². The fourth-order valence-corrected chi connectivity index (χ4v) is 4.59. The molecule has 1 aromatic carbocycles. The second-order valence-electron chi connectivity index (χ2n) is 7.28. The number of amides is 1. The van der Waals surface area contributed by atoms with Crippen molar-refractivity contribution in [3.05, 3.63) is 50.7 Å². The molecule has 0 aliphatic heterocycles. The zero-order valence-corrected chi connectivity index (χ0v) is 17.1. The molecule has 0 saturated carbocycles. The molecular formula is C22H27NO3S. The molecule has 0 spiro atoms. The number of ether oxygens (including phenoxy) is 1. The van der Waals surface area contributed by atoms with E-state index in [1.54, 1.807) is 6.92 Å². The molecule has 144 valence electrons. The van der Waals surface area contributed by atoms with E-state index in [1.807, 2.05) is 38.1 Å². The van der Waals surface area contributed by atoms with Gasteiger partial charge in [0.1, 0.15) is 4.88 Å². The average molecular weight is 386 g/mol. The van der Waals surface area contributed by atoms with Gasteiger partial charge in [0.05, 0.1) is 0 Å². The van der Waals surface area contributed by atoms with E-state index in [-0.39, 0.29) is 5.91 Å². The molecule has 1 N–H and O–H groups in total. The summed E-state index contributed by atoms with van der Waals surface area (Å²) in [5.74, 6) is -0.716. The van der Waals surface area contributed by atoms with Crippen LogP contribution in [0.4, 0.5) is 5.69 Å². The van der Waals surface area contributed by atoms with E-state index < -0.39 is 12.1 Å². The Bertz CT molecular complexity index is 794. The lowest BCUT2D eigenvalue weighted by Gasteiger charge is -2.15. The van der Waals surface area contributed by atoms with E-state index in [4.69, 9.17) is 4.74 Å². The SMILES string of the molecule is Cc1cccc(C)c1NC(=O)C(C)OC(=O)c1cc2c(s1)CCCCCC2. The van der Waals surface area contributed by atoms with Gasteiger partial charge in [0.15, 0.2) is 6.10 Å². The van der Waals surface area contributed by atoms with E-state index in [2.05, 4.69) is 5.32 Å². The highest BCUT2D eigenvalue weighted by atomic mass is 32.1. The number of fused-ring (bicyclic) bond motifs is 1. The van der Waals surface area contributed by atoms with Crippen LogP contribution in [0, 0.1) is 13.8 Å². The van der Waals surface area contributed by atoms with Crippen molar-refractivity contribution in [2.24, 2.45) is 0 Å². The van der Waals surface area contributed by atoms with Gasteiger partial charge >= 0.3 is 5.97 Å². The summed E-state index contributed by atoms with van der Waals surface area (Å²) < 4.78 is 5.45. The number of carbonyl (C=O) groups excluding carboxylic acids is 2. The molecule has 1 atom stereocenters. The van der Waals surface area contributed by atoms with E-state index in [0.29, 0.717) is 4.88 Å². The summed E-state index contributed by atoms with van der Waals surface area (Å²) in [6.07, 6.45) is 6.08. The van der Waals surface area contributed by atoms with Gasteiger partial charge in [-0.3, -0.25) is 4.79 Å². The number of nitrogens with one attached hydrogen (secondary N) is 1. The summed E-state index contributed by atoms with van der Waals surface area (Å²) in [6, 6.07) is 7.80. The molecule has 1 unspecified atom stereocenters. The highest BCUT2D eigenvalue weighted by molar-refractivity contribution is 7.14. The Morgan fingerprint density at radius 2 is 1.74 bits per heavy atom. The second-order valence-corrected chi connectivity index (χ2v) is 8.41. The Kier molecular flexibility index (Phi) is 6.32. The first-order chi connectivity index (χ1) is 13.0. The van der Waals surface area contributed by atoms with Gasteiger partial charge < -0.3 is 10.1 Å². The summed E-state index contributed by atoms with van der Waals surface area (Å²) in [4.78, 5) is 26.9. The first-order valence-electron chi connectivity index (χ1n) is 9.65. The number of rotatable bonds is 4. The number of para-hydroxylation sites is 1. The zero-order chi connectivity index (χ0) is 19.4. The van der Waals surface area contributed by atoms with Crippen molar-refractivity contribution < 1.29 is 14.3 Å². The molecule has 1 aliphatic rings. The van der Waals surface area contributed by atoms with Crippen LogP contribution in [0.2, 0.25) is 0 Å². The predicted octanol–water partition coefficient (Wildman–Crippen LogP) is 5.21. The Labute approximate surface area is 164 Å². The topological polar surface area (TPSA) is 55.4 Å². The largest absolute Gasteiger partial charge is 0.448 e. The summed E-state index contributed by atoms with van der Waals surface area (Å²) in [5, 5.41) is 2.89. The maximum Gasteiger partial charge on any atom is 0.349 e. The lowest BCUT2D eigenvalue weighted by Crippen LogP contribution is -2.30. The molecule has 1 aliphatic carbocycles. The fraction of sp³-hybridized carbons (Fsp3) is 0.455. The van der Waals surface area contributed by atoms with Crippen molar-refractivity contribution in [2.75, 3.05) is 5.32 Å². The number of esters is 1. The number of hydrogen-bond donors (Lipinski definition) is 1. The molecule has 0 fully saturated rings. The minimum Gasteiger partial charge on any atom is -0.448 e. The van der Waals surface area contributed by atoms with Gasteiger partial charge in [-0.15, -0.1) is 11.3 Å². The van der Waals surface area contributed by atoms with Crippen molar-refractivity contribution >= 4 is 28.9 Å². The molecule has 2 aromatic rings. The quantitative estimate of drug-likeness (QED) is 0.735. The van der Waals surface area contributed by atoms with Crippen LogP contribution in [0.5, 0.6) is 0 Å². The Hall–Kier alpha value is -2.14. The number of aryl methyl sites for hydroxylation is 4. The second kappa shape index (κ2) is 8.70. The predicted molar refractivity (Wildman–Crippen MR) is 110 cm³/mol. The van der Waals surface area contributed by atoms with Crippen LogP contribution in [0.3, 0.4) is 0 Å². The van der Waals surface area contributed by atoms with Crippen molar-refractivity contribution in [1.29, 1.82) is 0 Å². The molecular weight excluding hydrogens is 358 g/mol. The minimum atomic E-state index is -0.846. The van der Waals surface area contributed by atoms with E-state index >= 15 is 0 Å². The van der Waals surface area contributed by atoms with Crippen LogP contribution < -0.4 is 5.32 Å². The Morgan fingerprint density at radius 3 is 2.44 bits per heavy atom. The van der Waals surface area contributed by atoms with Gasteiger partial charge in [-0.2, -0.15) is 0 Å². The Balaban J connectivity index is 1.65. The van der Waals surface area contributed by atoms with Gasteiger partial charge in [0.25, 0.3) is 5.91 Å². The van der Waals surface area contributed by atoms with Crippen LogP contribution in [-0.4, -0.2) is 18.0 Å². The van der Waals surface area contributed by atoms with E-state index in [9.17, 15) is 9.59 Å². The molecule has 5 heteroatoms. The van der Waals surface area contributed by atoms with E-state index in [0.717, 1.165) is 29.7 Å². The van der Waals surface area contributed by atoms with Crippen LogP contribution >= 0.6 is 11.3 Å². The number of anilines is 1. The monoisotopic (exact) mass is 385 g/mol. The maximum absolute atomic E-state index is 12.5. The molecule has 1 heterocycles. The average Bonchev–Trinajstić information content (AvgIpc) is 3.00. The van der Waals surface area contributed by atoms with Gasteiger partial charge in [-0.05, 0) is 69.2 Å². The van der Waals surface area contributed by atoms with Crippen molar-refractivity contribution in [2.45, 2.75) is 65.4 Å². The summed E-state index contributed by atoms with van der Waals surface area (Å²) in [5.41, 5.74) is 4.03. The van der Waals surface area contributed by atoms with Gasteiger partial charge in [0.2, 0.25) is 0 Å². The van der Waals surface area contributed by atoms with E-state index in [1.165, 1.54) is 47.5 Å². The fourth-order valence-electron chi connectivity index (χ4n) is 3.45. The third-order valence-corrected chi connectivity index (χ3v) is 6.30. The van der Waals surface area contributed by atoms with Gasteiger partial charge in [-0.25, -0.2) is 4.79 Å². The highest BCUT2D eigenvalue weighted by Crippen LogP contribution is 2.29. The number of benzene rings is 1. The third kappa shape index (κ3) is 4.78.